The number of nitrogens with zero attached hydrogens (tertiary/aromatic N) is 1. The highest BCUT2D eigenvalue weighted by atomic mass is 32.2. The molecule has 1 amide bonds. The van der Waals surface area contributed by atoms with E-state index in [1.54, 1.807) is 13.0 Å². The zero-order chi connectivity index (χ0) is 24.6. The van der Waals surface area contributed by atoms with Crippen LogP contribution in [0.5, 0.6) is 0 Å². The molecule has 1 saturated heterocycles. The molecule has 182 valence electrons. The summed E-state index contributed by atoms with van der Waals surface area (Å²) < 4.78 is 33.0. The number of amides is 1. The molecule has 0 radical (unpaired) electrons. The first-order chi connectivity index (χ1) is 16.4. The lowest BCUT2D eigenvalue weighted by Gasteiger charge is -2.29. The number of likely N-dealkylation sites (tertiary alicyclic amines) is 1. The Labute approximate surface area is 203 Å². The lowest BCUT2D eigenvalue weighted by atomic mass is 9.91. The Morgan fingerprint density at radius 2 is 1.94 bits per heavy atom. The molecule has 1 fully saturated rings. The van der Waals surface area contributed by atoms with Crippen LogP contribution in [0.25, 0.3) is 17.2 Å². The smallest absolute Gasteiger partial charge is 0.225 e. The summed E-state index contributed by atoms with van der Waals surface area (Å²) >= 11 is 0. The zero-order valence-corrected chi connectivity index (χ0v) is 20.6. The van der Waals surface area contributed by atoms with Gasteiger partial charge in [0.2, 0.25) is 15.9 Å². The molecular formula is C27H34N2O4S. The third-order valence-electron chi connectivity index (χ3n) is 6.19. The fourth-order valence-corrected chi connectivity index (χ4v) is 5.37. The summed E-state index contributed by atoms with van der Waals surface area (Å²) in [7, 11) is -3.41. The Hall–Kier alpha value is -2.74. The maximum absolute atomic E-state index is 13.1. The molecule has 2 unspecified atom stereocenters. The van der Waals surface area contributed by atoms with Crippen molar-refractivity contribution in [2.75, 3.05) is 25.5 Å². The van der Waals surface area contributed by atoms with Crippen LogP contribution in [0.2, 0.25) is 0 Å². The Morgan fingerprint density at radius 1 is 1.18 bits per heavy atom. The van der Waals surface area contributed by atoms with Crippen molar-refractivity contribution in [3.8, 4) is 11.1 Å². The SMILES string of the molecule is C=CCOCCC(=O)N1CCC(NS(=O)(=O)CC)C1Cc1cccc(-c2ccccc2)c1C=C. The van der Waals surface area contributed by atoms with E-state index in [4.69, 9.17) is 4.74 Å². The summed E-state index contributed by atoms with van der Waals surface area (Å²) in [6.45, 7) is 10.5. The predicted molar refractivity (Wildman–Crippen MR) is 138 cm³/mol. The van der Waals surface area contributed by atoms with Gasteiger partial charge in [0.15, 0.2) is 0 Å². The first kappa shape index (κ1) is 25.9. The van der Waals surface area contributed by atoms with Crippen LogP contribution in [0.15, 0.2) is 67.8 Å². The normalized spacial score (nSPS) is 18.1. The maximum atomic E-state index is 13.1. The average molecular weight is 483 g/mol. The van der Waals surface area contributed by atoms with Crippen LogP contribution in [0.4, 0.5) is 0 Å². The number of hydrogen-bond donors (Lipinski definition) is 1. The van der Waals surface area contributed by atoms with Crippen molar-refractivity contribution in [1.82, 2.24) is 9.62 Å². The highest BCUT2D eigenvalue weighted by Crippen LogP contribution is 2.31. The van der Waals surface area contributed by atoms with Gasteiger partial charge in [-0.05, 0) is 42.0 Å². The van der Waals surface area contributed by atoms with Gasteiger partial charge in [-0.3, -0.25) is 4.79 Å². The van der Waals surface area contributed by atoms with Crippen LogP contribution in [0.1, 0.15) is 30.9 Å². The number of benzene rings is 2. The summed E-state index contributed by atoms with van der Waals surface area (Å²) in [4.78, 5) is 14.9. The Kier molecular flexibility index (Phi) is 9.21. The van der Waals surface area contributed by atoms with E-state index in [1.165, 1.54) is 0 Å². The van der Waals surface area contributed by atoms with Crippen LogP contribution in [-0.4, -0.2) is 56.8 Å². The molecule has 34 heavy (non-hydrogen) atoms. The number of ether oxygens (including phenoxy) is 1. The number of nitrogens with one attached hydrogen (secondary N) is 1. The molecule has 1 N–H and O–H groups in total. The van der Waals surface area contributed by atoms with E-state index in [-0.39, 0.29) is 30.2 Å². The van der Waals surface area contributed by atoms with E-state index in [0.29, 0.717) is 32.6 Å². The number of carbonyl (C=O) groups is 1. The Morgan fingerprint density at radius 3 is 2.62 bits per heavy atom. The van der Waals surface area contributed by atoms with E-state index in [1.807, 2.05) is 41.3 Å². The summed E-state index contributed by atoms with van der Waals surface area (Å²) in [5, 5.41) is 0. The van der Waals surface area contributed by atoms with E-state index in [9.17, 15) is 13.2 Å². The quantitative estimate of drug-likeness (QED) is 0.366. The third-order valence-corrected chi connectivity index (χ3v) is 7.61. The molecule has 0 aliphatic carbocycles. The first-order valence-corrected chi connectivity index (χ1v) is 13.3. The van der Waals surface area contributed by atoms with Crippen molar-refractivity contribution in [2.45, 2.75) is 38.3 Å². The monoisotopic (exact) mass is 482 g/mol. The van der Waals surface area contributed by atoms with Gasteiger partial charge in [0.25, 0.3) is 0 Å². The predicted octanol–water partition coefficient (Wildman–Crippen LogP) is 4.04. The van der Waals surface area contributed by atoms with Crippen LogP contribution in [0.3, 0.4) is 0 Å². The summed E-state index contributed by atoms with van der Waals surface area (Å²) in [6, 6.07) is 15.5. The first-order valence-electron chi connectivity index (χ1n) is 11.7. The fourth-order valence-electron chi connectivity index (χ4n) is 4.46. The van der Waals surface area contributed by atoms with Crippen LogP contribution < -0.4 is 4.72 Å². The molecule has 3 rings (SSSR count). The minimum atomic E-state index is -3.41. The second kappa shape index (κ2) is 12.1. The summed E-state index contributed by atoms with van der Waals surface area (Å²) in [5.41, 5.74) is 4.18. The lowest BCUT2D eigenvalue weighted by Crippen LogP contribution is -2.48. The number of sulfonamides is 1. The van der Waals surface area contributed by atoms with E-state index in [2.05, 4.69) is 36.1 Å². The second-order valence-corrected chi connectivity index (χ2v) is 10.4. The molecule has 1 aliphatic heterocycles. The molecule has 1 heterocycles. The number of hydrogen-bond acceptors (Lipinski definition) is 4. The molecule has 2 aromatic carbocycles. The van der Waals surface area contributed by atoms with Crippen molar-refractivity contribution in [2.24, 2.45) is 0 Å². The Bertz CT molecular complexity index is 1100. The van der Waals surface area contributed by atoms with Crippen molar-refractivity contribution in [3.05, 3.63) is 78.9 Å². The molecule has 7 heteroatoms. The van der Waals surface area contributed by atoms with Crippen molar-refractivity contribution >= 4 is 22.0 Å². The molecule has 2 atom stereocenters. The van der Waals surface area contributed by atoms with Gasteiger partial charge in [-0.15, -0.1) is 6.58 Å². The molecule has 0 bridgehead atoms. The average Bonchev–Trinajstić information content (AvgIpc) is 3.23. The van der Waals surface area contributed by atoms with Gasteiger partial charge in [0, 0.05) is 12.6 Å². The van der Waals surface area contributed by atoms with Crippen LogP contribution in [-0.2, 0) is 26.0 Å². The van der Waals surface area contributed by atoms with Gasteiger partial charge in [-0.1, -0.05) is 67.3 Å². The standard InChI is InChI=1S/C27H34N2O4S/c1-4-18-33-19-16-27(30)29-17-15-25(28-34(31,32)6-3)26(29)20-22-13-10-14-24(23(22)5-2)21-11-8-7-9-12-21/h4-5,7-14,25-26,28H,1-2,6,15-20H2,3H3. The van der Waals surface area contributed by atoms with Crippen molar-refractivity contribution in [1.29, 1.82) is 0 Å². The molecule has 2 aromatic rings. The summed E-state index contributed by atoms with van der Waals surface area (Å²) in [6.07, 6.45) is 4.83. The van der Waals surface area contributed by atoms with E-state index in [0.717, 1.165) is 22.3 Å². The fraction of sp³-hybridized carbons (Fsp3) is 0.370. The highest BCUT2D eigenvalue weighted by Gasteiger charge is 2.38. The van der Waals surface area contributed by atoms with Crippen molar-refractivity contribution < 1.29 is 17.9 Å². The second-order valence-electron chi connectivity index (χ2n) is 8.34. The number of rotatable bonds is 12. The van der Waals surface area contributed by atoms with Gasteiger partial charge in [-0.25, -0.2) is 13.1 Å². The molecule has 0 spiro atoms. The zero-order valence-electron chi connectivity index (χ0n) is 19.8. The molecule has 0 saturated carbocycles. The summed E-state index contributed by atoms with van der Waals surface area (Å²) in [5.74, 6) is -0.0346. The molecular weight excluding hydrogens is 448 g/mol. The van der Waals surface area contributed by atoms with Gasteiger partial charge >= 0.3 is 0 Å². The maximum Gasteiger partial charge on any atom is 0.225 e. The minimum absolute atomic E-state index is 0.000952. The molecule has 1 aliphatic rings. The van der Waals surface area contributed by atoms with Crippen LogP contribution >= 0.6 is 0 Å². The molecule has 6 nitrogen and oxygen atoms in total. The van der Waals surface area contributed by atoms with Crippen LogP contribution in [0, 0.1) is 0 Å². The minimum Gasteiger partial charge on any atom is -0.377 e. The Balaban J connectivity index is 1.90. The largest absolute Gasteiger partial charge is 0.377 e. The van der Waals surface area contributed by atoms with Gasteiger partial charge in [0.1, 0.15) is 0 Å². The van der Waals surface area contributed by atoms with Gasteiger partial charge in [0.05, 0.1) is 31.4 Å². The van der Waals surface area contributed by atoms with Gasteiger partial charge < -0.3 is 9.64 Å². The van der Waals surface area contributed by atoms with E-state index >= 15 is 0 Å². The third kappa shape index (κ3) is 6.44. The highest BCUT2D eigenvalue weighted by molar-refractivity contribution is 7.89. The van der Waals surface area contributed by atoms with Crippen molar-refractivity contribution in [3.63, 3.8) is 0 Å². The topological polar surface area (TPSA) is 75.7 Å². The lowest BCUT2D eigenvalue weighted by molar-refractivity contribution is -0.133. The molecule has 0 aromatic heterocycles. The van der Waals surface area contributed by atoms with E-state index < -0.39 is 10.0 Å². The van der Waals surface area contributed by atoms with Gasteiger partial charge in [-0.2, -0.15) is 0 Å². The number of carbonyl (C=O) groups excluding carboxylic acids is 1.